The van der Waals surface area contributed by atoms with Crippen LogP contribution in [-0.2, 0) is 9.47 Å². The molecule has 0 aromatic heterocycles. The topological polar surface area (TPSA) is 180 Å². The molecule has 136 valence electrons. The first-order valence-corrected chi connectivity index (χ1v) is 7.37. The van der Waals surface area contributed by atoms with E-state index < -0.39 is 74.3 Å². The molecule has 2 aliphatic heterocycles. The van der Waals surface area contributed by atoms with Crippen LogP contribution in [0.15, 0.2) is 0 Å². The lowest BCUT2D eigenvalue weighted by Crippen LogP contribution is -2.61. The van der Waals surface area contributed by atoms with Gasteiger partial charge in [-0.3, -0.25) is 0 Å². The van der Waals surface area contributed by atoms with Gasteiger partial charge in [0.2, 0.25) is 0 Å². The molecule has 2 saturated heterocycles. The van der Waals surface area contributed by atoms with Crippen molar-refractivity contribution in [3.8, 4) is 0 Å². The van der Waals surface area contributed by atoms with Gasteiger partial charge in [-0.05, 0) is 0 Å². The van der Waals surface area contributed by atoms with Crippen molar-refractivity contribution in [3.05, 3.63) is 0 Å². The normalized spacial score (nSPS) is 51.1. The minimum absolute atomic E-state index is 0.334. The van der Waals surface area contributed by atoms with Crippen LogP contribution in [0, 0.1) is 0 Å². The van der Waals surface area contributed by atoms with E-state index in [1.165, 1.54) is 0 Å². The van der Waals surface area contributed by atoms with Crippen molar-refractivity contribution in [1.82, 2.24) is 0 Å². The van der Waals surface area contributed by atoms with Gasteiger partial charge in [0, 0.05) is 6.42 Å². The fourth-order valence-electron chi connectivity index (χ4n) is 3.15. The molecule has 0 amide bonds. The lowest BCUT2D eigenvalue weighted by atomic mass is 9.87. The van der Waals surface area contributed by atoms with Crippen LogP contribution in [0.4, 0.5) is 0 Å². The third-order valence-electron chi connectivity index (χ3n) is 4.61. The van der Waals surface area contributed by atoms with Crippen LogP contribution in [0.25, 0.3) is 0 Å². The summed E-state index contributed by atoms with van der Waals surface area (Å²) in [6.07, 6.45) is -11.5. The van der Waals surface area contributed by atoms with Gasteiger partial charge in [0.1, 0.15) is 48.3 Å². The molecule has 0 aromatic carbocycles. The summed E-state index contributed by atoms with van der Waals surface area (Å²) >= 11 is 0. The zero-order valence-corrected chi connectivity index (χ0v) is 12.3. The van der Waals surface area contributed by atoms with E-state index in [-0.39, 0.29) is 6.42 Å². The average molecular weight is 341 g/mol. The highest BCUT2D eigenvalue weighted by Crippen LogP contribution is 2.37. The molecular weight excluding hydrogens is 317 g/mol. The van der Waals surface area contributed by atoms with Gasteiger partial charge in [0.05, 0.1) is 25.9 Å². The Morgan fingerprint density at radius 2 is 1.26 bits per heavy atom. The quantitative estimate of drug-likeness (QED) is 0.226. The number of hydrogen-bond donors (Lipinski definition) is 8. The highest BCUT2D eigenvalue weighted by Gasteiger charge is 2.56. The molecule has 10 nitrogen and oxygen atoms in total. The number of ether oxygens (including phenoxy) is 2. The first-order chi connectivity index (χ1) is 10.8. The summed E-state index contributed by atoms with van der Waals surface area (Å²) in [4.78, 5) is 0. The van der Waals surface area contributed by atoms with Crippen LogP contribution < -0.4 is 0 Å². The molecular formula is C13H24O10. The number of aliphatic hydroxyl groups excluding tert-OH is 8. The molecule has 0 spiro atoms. The van der Waals surface area contributed by atoms with Crippen molar-refractivity contribution < 1.29 is 50.3 Å². The van der Waals surface area contributed by atoms with Crippen LogP contribution in [0.5, 0.6) is 0 Å². The summed E-state index contributed by atoms with van der Waals surface area (Å²) < 4.78 is 10.7. The molecule has 0 bridgehead atoms. The molecule has 23 heavy (non-hydrogen) atoms. The predicted octanol–water partition coefficient (Wildman–Crippen LogP) is -4.94. The Morgan fingerprint density at radius 3 is 1.74 bits per heavy atom. The third kappa shape index (κ3) is 3.24. The second-order valence-corrected chi connectivity index (χ2v) is 6.07. The summed E-state index contributed by atoms with van der Waals surface area (Å²) in [6.45, 7) is -1.94. The molecule has 0 aliphatic carbocycles. The molecule has 0 unspecified atom stereocenters. The molecule has 10 heteroatoms. The van der Waals surface area contributed by atoms with Gasteiger partial charge < -0.3 is 50.3 Å². The summed E-state index contributed by atoms with van der Waals surface area (Å²) in [6, 6.07) is 0. The molecule has 0 aromatic rings. The Labute approximate surface area is 132 Å². The fraction of sp³-hybridized carbons (Fsp3) is 1.00. The Balaban J connectivity index is 2.18. The SMILES string of the molecule is OC[C@H]1O[C@](C[C@H]2O[C@H](CO)[C@@H](O)[C@H](O)[C@H]2O)([13CH2]O)[C@@H](O)[C@@H]1O. The van der Waals surface area contributed by atoms with Crippen molar-refractivity contribution in [2.75, 3.05) is 19.8 Å². The van der Waals surface area contributed by atoms with Gasteiger partial charge in [-0.25, -0.2) is 0 Å². The van der Waals surface area contributed by atoms with Gasteiger partial charge in [-0.15, -0.1) is 0 Å². The van der Waals surface area contributed by atoms with Gasteiger partial charge in [-0.1, -0.05) is 0 Å². The molecule has 2 rings (SSSR count). The van der Waals surface area contributed by atoms with Gasteiger partial charge in [-0.2, -0.15) is 0 Å². The largest absolute Gasteiger partial charge is 0.394 e. The fourth-order valence-corrected chi connectivity index (χ4v) is 3.15. The van der Waals surface area contributed by atoms with Crippen molar-refractivity contribution in [2.24, 2.45) is 0 Å². The van der Waals surface area contributed by atoms with Crippen LogP contribution >= 0.6 is 0 Å². The lowest BCUT2D eigenvalue weighted by molar-refractivity contribution is -0.247. The number of rotatable bonds is 5. The smallest absolute Gasteiger partial charge is 0.123 e. The molecule has 8 N–H and O–H groups in total. The van der Waals surface area contributed by atoms with E-state index in [1.54, 1.807) is 0 Å². The minimum atomic E-state index is -1.72. The third-order valence-corrected chi connectivity index (χ3v) is 4.61. The summed E-state index contributed by atoms with van der Waals surface area (Å²) in [5, 5.41) is 77.4. The van der Waals surface area contributed by atoms with E-state index in [2.05, 4.69) is 0 Å². The summed E-state index contributed by atoms with van der Waals surface area (Å²) in [7, 11) is 0. The Kier molecular flexibility index (Phi) is 5.95. The second-order valence-electron chi connectivity index (χ2n) is 6.07. The molecule has 0 radical (unpaired) electrons. The van der Waals surface area contributed by atoms with E-state index in [0.29, 0.717) is 0 Å². The number of aliphatic hydroxyl groups is 8. The van der Waals surface area contributed by atoms with Gasteiger partial charge in [0.15, 0.2) is 0 Å². The molecule has 0 saturated carbocycles. The van der Waals surface area contributed by atoms with E-state index in [9.17, 15) is 30.6 Å². The Bertz CT molecular complexity index is 393. The van der Waals surface area contributed by atoms with Crippen molar-refractivity contribution in [3.63, 3.8) is 0 Å². The first kappa shape index (κ1) is 18.9. The maximum absolute atomic E-state index is 10.1. The average Bonchev–Trinajstić information content (AvgIpc) is 2.80. The van der Waals surface area contributed by atoms with E-state index in [1.807, 2.05) is 0 Å². The van der Waals surface area contributed by atoms with Gasteiger partial charge in [0.25, 0.3) is 0 Å². The van der Waals surface area contributed by atoms with Crippen molar-refractivity contribution in [2.45, 2.75) is 60.9 Å². The highest BCUT2D eigenvalue weighted by atomic mass is 16.6. The number of hydrogen-bond acceptors (Lipinski definition) is 10. The van der Waals surface area contributed by atoms with Crippen LogP contribution in [0.1, 0.15) is 6.42 Å². The Morgan fingerprint density at radius 1 is 0.696 bits per heavy atom. The van der Waals surface area contributed by atoms with E-state index in [0.717, 1.165) is 0 Å². The summed E-state index contributed by atoms with van der Waals surface area (Å²) in [5.74, 6) is 0. The summed E-state index contributed by atoms with van der Waals surface area (Å²) in [5.41, 5.74) is -1.72. The predicted molar refractivity (Wildman–Crippen MR) is 72.2 cm³/mol. The zero-order valence-electron chi connectivity index (χ0n) is 12.3. The maximum atomic E-state index is 10.1. The van der Waals surface area contributed by atoms with Crippen LogP contribution in [-0.4, -0.2) is 115 Å². The molecule has 2 aliphatic rings. The zero-order chi connectivity index (χ0) is 17.4. The highest BCUT2D eigenvalue weighted by molar-refractivity contribution is 5.05. The lowest BCUT2D eigenvalue weighted by Gasteiger charge is -2.43. The molecule has 2 fully saturated rings. The second kappa shape index (κ2) is 7.23. The minimum Gasteiger partial charge on any atom is -0.394 e. The molecule has 2 heterocycles. The monoisotopic (exact) mass is 341 g/mol. The van der Waals surface area contributed by atoms with Crippen LogP contribution in [0.2, 0.25) is 0 Å². The van der Waals surface area contributed by atoms with E-state index in [4.69, 9.17) is 19.7 Å². The molecule has 9 atom stereocenters. The van der Waals surface area contributed by atoms with Crippen LogP contribution in [0.3, 0.4) is 0 Å². The first-order valence-electron chi connectivity index (χ1n) is 7.37. The van der Waals surface area contributed by atoms with Gasteiger partial charge >= 0.3 is 0 Å². The standard InChI is InChI=1S/C13H24O10/c14-2-6-9(18)11(20)8(17)5(22-6)1-13(4-16)12(21)10(19)7(3-15)23-13/h5-12,14-21H,1-4H2/t5-,6-,7-,8+,9-,10-,11-,12+,13-/m1/s1/i4+1. The van der Waals surface area contributed by atoms with E-state index >= 15 is 0 Å². The Hall–Kier alpha value is -0.400. The maximum Gasteiger partial charge on any atom is 0.123 e. The van der Waals surface area contributed by atoms with Crippen molar-refractivity contribution in [1.29, 1.82) is 0 Å². The van der Waals surface area contributed by atoms with Crippen molar-refractivity contribution >= 4 is 0 Å².